The molecule has 0 N–H and O–H groups in total. The second-order valence-corrected chi connectivity index (χ2v) is 4.68. The van der Waals surface area contributed by atoms with Gasteiger partial charge in [-0.05, 0) is 30.2 Å². The number of rotatable bonds is 5. The standard InChI is InChI=1S/C17H18O4/c1-3-20-16(18)11-17(19)21-12(2)14-10-6-8-13-7-4-5-9-15(13)14/h4-10,12H,3,11H2,1-2H3. The van der Waals surface area contributed by atoms with Crippen LogP contribution in [0.1, 0.15) is 31.9 Å². The largest absolute Gasteiger partial charge is 0.466 e. The Morgan fingerprint density at radius 2 is 1.76 bits per heavy atom. The number of esters is 2. The van der Waals surface area contributed by atoms with Crippen molar-refractivity contribution in [2.75, 3.05) is 6.61 Å². The molecular formula is C17H18O4. The van der Waals surface area contributed by atoms with Crippen LogP contribution < -0.4 is 0 Å². The Bertz CT molecular complexity index is 643. The van der Waals surface area contributed by atoms with Gasteiger partial charge in [-0.2, -0.15) is 0 Å². The van der Waals surface area contributed by atoms with Crippen molar-refractivity contribution in [1.29, 1.82) is 0 Å². The van der Waals surface area contributed by atoms with E-state index in [1.165, 1.54) is 0 Å². The van der Waals surface area contributed by atoms with Crippen molar-refractivity contribution in [1.82, 2.24) is 0 Å². The molecular weight excluding hydrogens is 268 g/mol. The summed E-state index contributed by atoms with van der Waals surface area (Å²) in [5.74, 6) is -1.14. The molecule has 0 radical (unpaired) electrons. The molecule has 0 aromatic heterocycles. The van der Waals surface area contributed by atoms with Crippen molar-refractivity contribution in [3.63, 3.8) is 0 Å². The van der Waals surface area contributed by atoms with Gasteiger partial charge >= 0.3 is 11.9 Å². The van der Waals surface area contributed by atoms with Crippen LogP contribution in [0.5, 0.6) is 0 Å². The third-order valence-electron chi connectivity index (χ3n) is 3.16. The predicted molar refractivity (Wildman–Crippen MR) is 79.7 cm³/mol. The highest BCUT2D eigenvalue weighted by atomic mass is 16.6. The smallest absolute Gasteiger partial charge is 0.317 e. The molecule has 0 saturated carbocycles. The first-order chi connectivity index (χ1) is 10.1. The second kappa shape index (κ2) is 6.88. The molecule has 2 rings (SSSR count). The molecule has 0 amide bonds. The first kappa shape index (κ1) is 15.0. The molecule has 0 aliphatic rings. The topological polar surface area (TPSA) is 52.6 Å². The molecule has 21 heavy (non-hydrogen) atoms. The fourth-order valence-electron chi connectivity index (χ4n) is 2.24. The van der Waals surface area contributed by atoms with Gasteiger partial charge in [0, 0.05) is 0 Å². The van der Waals surface area contributed by atoms with Gasteiger partial charge in [0.2, 0.25) is 0 Å². The SMILES string of the molecule is CCOC(=O)CC(=O)OC(C)c1cccc2ccccc12. The number of hydrogen-bond acceptors (Lipinski definition) is 4. The van der Waals surface area contributed by atoms with Crippen molar-refractivity contribution < 1.29 is 19.1 Å². The van der Waals surface area contributed by atoms with Crippen molar-refractivity contribution >= 4 is 22.7 Å². The number of benzene rings is 2. The van der Waals surface area contributed by atoms with E-state index in [4.69, 9.17) is 9.47 Å². The van der Waals surface area contributed by atoms with E-state index in [-0.39, 0.29) is 13.0 Å². The molecule has 4 nitrogen and oxygen atoms in total. The summed E-state index contributed by atoms with van der Waals surface area (Å²) >= 11 is 0. The Hall–Kier alpha value is -2.36. The average molecular weight is 286 g/mol. The lowest BCUT2D eigenvalue weighted by atomic mass is 10.0. The quantitative estimate of drug-likeness (QED) is 0.624. The lowest BCUT2D eigenvalue weighted by molar-refractivity contribution is -0.157. The number of carbonyl (C=O) groups excluding carboxylic acids is 2. The summed E-state index contributed by atoms with van der Waals surface area (Å²) in [6, 6.07) is 13.7. The van der Waals surface area contributed by atoms with Crippen LogP contribution >= 0.6 is 0 Å². The summed E-state index contributed by atoms with van der Waals surface area (Å²) in [7, 11) is 0. The van der Waals surface area contributed by atoms with Gasteiger partial charge in [0.1, 0.15) is 12.5 Å². The molecule has 2 aromatic carbocycles. The maximum atomic E-state index is 11.7. The van der Waals surface area contributed by atoms with E-state index in [0.717, 1.165) is 16.3 Å². The van der Waals surface area contributed by atoms with Crippen LogP contribution in [0.4, 0.5) is 0 Å². The zero-order chi connectivity index (χ0) is 15.2. The van der Waals surface area contributed by atoms with Crippen molar-refractivity contribution in [3.05, 3.63) is 48.0 Å². The molecule has 0 saturated heterocycles. The van der Waals surface area contributed by atoms with Gasteiger partial charge in [0.05, 0.1) is 6.61 Å². The molecule has 1 atom stereocenters. The molecule has 2 aromatic rings. The maximum Gasteiger partial charge on any atom is 0.317 e. The van der Waals surface area contributed by atoms with E-state index >= 15 is 0 Å². The fraction of sp³-hybridized carbons (Fsp3) is 0.294. The molecule has 0 aliphatic carbocycles. The Kier molecular flexibility index (Phi) is 4.93. The van der Waals surface area contributed by atoms with Gasteiger partial charge in [0.15, 0.2) is 0 Å². The summed E-state index contributed by atoms with van der Waals surface area (Å²) in [5, 5.41) is 2.12. The monoisotopic (exact) mass is 286 g/mol. The third kappa shape index (κ3) is 3.81. The Morgan fingerprint density at radius 3 is 2.52 bits per heavy atom. The van der Waals surface area contributed by atoms with Gasteiger partial charge in [-0.1, -0.05) is 42.5 Å². The van der Waals surface area contributed by atoms with E-state index < -0.39 is 18.0 Å². The van der Waals surface area contributed by atoms with Crippen LogP contribution in [-0.4, -0.2) is 18.5 Å². The minimum absolute atomic E-state index is 0.255. The Labute approximate surface area is 123 Å². The fourth-order valence-corrected chi connectivity index (χ4v) is 2.24. The normalized spacial score (nSPS) is 11.9. The van der Waals surface area contributed by atoms with Crippen LogP contribution in [0.2, 0.25) is 0 Å². The number of ether oxygens (including phenoxy) is 2. The van der Waals surface area contributed by atoms with Gasteiger partial charge in [-0.15, -0.1) is 0 Å². The van der Waals surface area contributed by atoms with Gasteiger partial charge in [-0.3, -0.25) is 9.59 Å². The van der Waals surface area contributed by atoms with Crippen molar-refractivity contribution in [3.8, 4) is 0 Å². The first-order valence-corrected chi connectivity index (χ1v) is 6.94. The van der Waals surface area contributed by atoms with E-state index in [0.29, 0.717) is 0 Å². The predicted octanol–water partition coefficient (Wildman–Crippen LogP) is 3.40. The molecule has 0 heterocycles. The lowest BCUT2D eigenvalue weighted by Gasteiger charge is -2.15. The number of fused-ring (bicyclic) bond motifs is 1. The van der Waals surface area contributed by atoms with Gasteiger partial charge < -0.3 is 9.47 Å². The molecule has 0 aliphatic heterocycles. The average Bonchev–Trinajstić information content (AvgIpc) is 2.46. The summed E-state index contributed by atoms with van der Waals surface area (Å²) in [6.07, 6.45) is -0.777. The summed E-state index contributed by atoms with van der Waals surface area (Å²) in [6.45, 7) is 3.75. The minimum Gasteiger partial charge on any atom is -0.466 e. The lowest BCUT2D eigenvalue weighted by Crippen LogP contribution is -2.15. The summed E-state index contributed by atoms with van der Waals surface area (Å²) in [5.41, 5.74) is 0.922. The Morgan fingerprint density at radius 1 is 1.05 bits per heavy atom. The second-order valence-electron chi connectivity index (χ2n) is 4.68. The van der Waals surface area contributed by atoms with Crippen LogP contribution in [0, 0.1) is 0 Å². The third-order valence-corrected chi connectivity index (χ3v) is 3.16. The highest BCUT2D eigenvalue weighted by Crippen LogP contribution is 2.26. The van der Waals surface area contributed by atoms with Crippen LogP contribution in [0.15, 0.2) is 42.5 Å². The van der Waals surface area contributed by atoms with Crippen molar-refractivity contribution in [2.24, 2.45) is 0 Å². The van der Waals surface area contributed by atoms with E-state index in [1.807, 2.05) is 42.5 Å². The number of hydrogen-bond donors (Lipinski definition) is 0. The molecule has 1 unspecified atom stereocenters. The summed E-state index contributed by atoms with van der Waals surface area (Å²) in [4.78, 5) is 23.0. The molecule has 110 valence electrons. The van der Waals surface area contributed by atoms with Crippen LogP contribution in [-0.2, 0) is 19.1 Å². The van der Waals surface area contributed by atoms with Crippen LogP contribution in [0.3, 0.4) is 0 Å². The molecule has 4 heteroatoms. The maximum absolute atomic E-state index is 11.7. The van der Waals surface area contributed by atoms with Gasteiger partial charge in [0.25, 0.3) is 0 Å². The van der Waals surface area contributed by atoms with E-state index in [9.17, 15) is 9.59 Å². The zero-order valence-corrected chi connectivity index (χ0v) is 12.2. The highest BCUT2D eigenvalue weighted by Gasteiger charge is 2.17. The number of carbonyl (C=O) groups is 2. The van der Waals surface area contributed by atoms with Crippen molar-refractivity contribution in [2.45, 2.75) is 26.4 Å². The van der Waals surface area contributed by atoms with Gasteiger partial charge in [-0.25, -0.2) is 0 Å². The van der Waals surface area contributed by atoms with Crippen LogP contribution in [0.25, 0.3) is 10.8 Å². The minimum atomic E-state index is -0.575. The molecule has 0 spiro atoms. The summed E-state index contributed by atoms with van der Waals surface area (Å²) < 4.78 is 10.1. The van der Waals surface area contributed by atoms with E-state index in [1.54, 1.807) is 13.8 Å². The highest BCUT2D eigenvalue weighted by molar-refractivity contribution is 5.91. The first-order valence-electron chi connectivity index (χ1n) is 6.94. The zero-order valence-electron chi connectivity index (χ0n) is 12.2. The molecule has 0 fully saturated rings. The Balaban J connectivity index is 2.10. The molecule has 0 bridgehead atoms. The van der Waals surface area contributed by atoms with E-state index in [2.05, 4.69) is 0 Å².